The summed E-state index contributed by atoms with van der Waals surface area (Å²) in [5.74, 6) is -3.53. The van der Waals surface area contributed by atoms with Gasteiger partial charge in [-0.2, -0.15) is 0 Å². The third-order valence-corrected chi connectivity index (χ3v) is 15.9. The number of carbonyl (C=O) groups is 6. The van der Waals surface area contributed by atoms with Gasteiger partial charge in [0.1, 0.15) is 23.3 Å². The average Bonchev–Trinajstić information content (AvgIpc) is 3.93. The number of amides is 4. The zero-order valence-electron chi connectivity index (χ0n) is 31.6. The first kappa shape index (κ1) is 35.9. The Bertz CT molecular complexity index is 1670. The van der Waals surface area contributed by atoms with Gasteiger partial charge in [-0.25, -0.2) is 0 Å². The fraction of sp³-hybridized carbons (Fsp3) is 0.800. The van der Waals surface area contributed by atoms with Crippen LogP contribution in [0.5, 0.6) is 0 Å². The van der Waals surface area contributed by atoms with Crippen LogP contribution < -0.4 is 21.3 Å². The molecule has 2 saturated heterocycles. The molecule has 2 aliphatic heterocycles. The third-order valence-electron chi connectivity index (χ3n) is 15.9. The third kappa shape index (κ3) is 4.39. The first-order valence-electron chi connectivity index (χ1n) is 19.9. The molecule has 0 aromatic rings. The highest BCUT2D eigenvalue weighted by atomic mass is 16.3. The molecular formula is C40H57N5O7. The lowest BCUT2D eigenvalue weighted by molar-refractivity contribution is -0.168. The van der Waals surface area contributed by atoms with E-state index >= 15 is 4.79 Å². The Morgan fingerprint density at radius 2 is 1.63 bits per heavy atom. The quantitative estimate of drug-likeness (QED) is 0.110. The molecule has 6 saturated carbocycles. The van der Waals surface area contributed by atoms with Crippen LogP contribution in [0.2, 0.25) is 0 Å². The molecule has 8 rings (SSSR count). The van der Waals surface area contributed by atoms with Crippen LogP contribution in [0.4, 0.5) is 0 Å². The minimum atomic E-state index is -1.58. The molecule has 12 heteroatoms. The normalized spacial score (nSPS) is 41.2. The molecule has 0 bridgehead atoms. The number of nitrogens with zero attached hydrogens (tertiary/aromatic N) is 1. The van der Waals surface area contributed by atoms with Gasteiger partial charge in [-0.1, -0.05) is 53.0 Å². The van der Waals surface area contributed by atoms with Crippen molar-refractivity contribution in [3.05, 3.63) is 12.7 Å². The number of rotatable bonds is 13. The van der Waals surface area contributed by atoms with Gasteiger partial charge in [0.2, 0.25) is 23.4 Å². The van der Waals surface area contributed by atoms with E-state index in [-0.39, 0.29) is 41.0 Å². The molecule has 6 aliphatic carbocycles. The summed E-state index contributed by atoms with van der Waals surface area (Å²) in [5, 5.41) is 24.2. The molecule has 4 amide bonds. The Morgan fingerprint density at radius 3 is 2.25 bits per heavy atom. The Kier molecular flexibility index (Phi) is 7.74. The van der Waals surface area contributed by atoms with Crippen molar-refractivity contribution in [1.82, 2.24) is 26.2 Å². The van der Waals surface area contributed by atoms with Crippen LogP contribution in [0.15, 0.2) is 12.7 Å². The number of fused-ring (bicyclic) bond motifs is 3. The van der Waals surface area contributed by atoms with E-state index in [2.05, 4.69) is 41.7 Å². The van der Waals surface area contributed by atoms with Crippen molar-refractivity contribution in [2.45, 2.75) is 153 Å². The van der Waals surface area contributed by atoms with Gasteiger partial charge < -0.3 is 26.0 Å². The van der Waals surface area contributed by atoms with Gasteiger partial charge >= 0.3 is 0 Å². The van der Waals surface area contributed by atoms with Crippen LogP contribution in [-0.4, -0.2) is 85.7 Å². The molecule has 12 nitrogen and oxygen atoms in total. The summed E-state index contributed by atoms with van der Waals surface area (Å²) in [7, 11) is 0. The molecule has 5 N–H and O–H groups in total. The largest absolute Gasteiger partial charge is 0.376 e. The van der Waals surface area contributed by atoms with Crippen molar-refractivity contribution in [3.8, 4) is 0 Å². The van der Waals surface area contributed by atoms with Crippen molar-refractivity contribution in [2.75, 3.05) is 0 Å². The SMILES string of the molecule is C=C[C@](C)(NC(O)[C@]12CC1[C@@]13C[C@@H]1CC[C@@H]1C4C(C)(C)[C@](C)(NC(=O)C(NC(=O)C(=O)C(C)C)C5CCCCC5)C(=O)N2[C@@]413)C(=O)C(=O)NC1CC1. The zero-order valence-corrected chi connectivity index (χ0v) is 31.6. The second kappa shape index (κ2) is 11.2. The highest BCUT2D eigenvalue weighted by Gasteiger charge is 3.02. The number of hydrogen-bond acceptors (Lipinski definition) is 8. The summed E-state index contributed by atoms with van der Waals surface area (Å²) in [6, 6.07) is -0.987. The fourth-order valence-electron chi connectivity index (χ4n) is 12.6. The van der Waals surface area contributed by atoms with Crippen molar-refractivity contribution >= 4 is 35.2 Å². The molecule has 0 aromatic heterocycles. The molecule has 8 fully saturated rings. The number of nitrogens with one attached hydrogen (secondary N) is 4. The van der Waals surface area contributed by atoms with Crippen LogP contribution in [0, 0.1) is 46.3 Å². The van der Waals surface area contributed by atoms with E-state index in [4.69, 9.17) is 0 Å². The average molecular weight is 720 g/mol. The monoisotopic (exact) mass is 719 g/mol. The van der Waals surface area contributed by atoms with E-state index in [1.807, 2.05) is 4.90 Å². The molecule has 0 aromatic carbocycles. The molecular weight excluding hydrogens is 662 g/mol. The van der Waals surface area contributed by atoms with E-state index in [0.717, 1.165) is 64.2 Å². The topological polar surface area (TPSA) is 174 Å². The van der Waals surface area contributed by atoms with Gasteiger partial charge in [0.25, 0.3) is 11.8 Å². The van der Waals surface area contributed by atoms with Gasteiger partial charge in [-0.05, 0) is 94.8 Å². The lowest BCUT2D eigenvalue weighted by Crippen LogP contribution is -2.76. The Labute approximate surface area is 306 Å². The first-order chi connectivity index (χ1) is 24.4. The molecule has 284 valence electrons. The number of aliphatic hydroxyl groups excluding tert-OH is 1. The maximum atomic E-state index is 15.6. The minimum Gasteiger partial charge on any atom is -0.376 e. The molecule has 8 aliphatic rings. The van der Waals surface area contributed by atoms with Crippen LogP contribution in [-0.2, 0) is 28.8 Å². The summed E-state index contributed by atoms with van der Waals surface area (Å²) < 4.78 is 0. The molecule has 52 heavy (non-hydrogen) atoms. The Morgan fingerprint density at radius 1 is 0.962 bits per heavy atom. The van der Waals surface area contributed by atoms with Crippen molar-refractivity contribution in [1.29, 1.82) is 0 Å². The number of ketones is 2. The summed E-state index contributed by atoms with van der Waals surface area (Å²) in [5.41, 5.74) is -5.27. The maximum absolute atomic E-state index is 15.6. The molecule has 0 radical (unpaired) electrons. The lowest BCUT2D eigenvalue weighted by Gasteiger charge is -2.56. The number of aliphatic hydroxyl groups is 1. The highest BCUT2D eigenvalue weighted by molar-refractivity contribution is 6.40. The highest BCUT2D eigenvalue weighted by Crippen LogP contribution is 2.96. The summed E-state index contributed by atoms with van der Waals surface area (Å²) >= 11 is 0. The predicted molar refractivity (Wildman–Crippen MR) is 190 cm³/mol. The summed E-state index contributed by atoms with van der Waals surface area (Å²) in [6.07, 6.45) is 9.56. The second-order valence-corrected chi connectivity index (χ2v) is 19.1. The van der Waals surface area contributed by atoms with E-state index in [1.165, 1.54) is 6.08 Å². The Balaban J connectivity index is 1.13. The standard InChI is InChI=1S/C40H57N5O7/c1-8-36(6,29(47)32(50)41-23-15-16-23)44-33(51)39-19-25(39)38-18-22(38)14-17-24-28-35(4,5)37(7,34(52)45(39)40(24,28)38)43-30(48)26(21-12-10-9-11-13-21)42-31(49)27(46)20(2)3/h8,20-26,28,33,44,51H,1,9-19H2,2-7H3,(H,41,50)(H,42,49)(H,43,48)/t22-,24+,25?,26?,28?,33?,36-,37+,38+,39-,40+/m0/s1. The summed E-state index contributed by atoms with van der Waals surface area (Å²) in [6.45, 7) is 14.7. The smallest absolute Gasteiger partial charge is 0.289 e. The number of carbonyl (C=O) groups excluding carboxylic acids is 6. The van der Waals surface area contributed by atoms with Crippen LogP contribution >= 0.6 is 0 Å². The number of hydrogen-bond donors (Lipinski definition) is 5. The molecule has 2 heterocycles. The van der Waals surface area contributed by atoms with E-state index in [1.54, 1.807) is 27.7 Å². The van der Waals surface area contributed by atoms with Crippen molar-refractivity contribution in [3.63, 3.8) is 0 Å². The van der Waals surface area contributed by atoms with Crippen LogP contribution in [0.1, 0.15) is 112 Å². The van der Waals surface area contributed by atoms with E-state index < -0.39 is 75.0 Å². The van der Waals surface area contributed by atoms with Crippen LogP contribution in [0.3, 0.4) is 0 Å². The molecule has 11 atom stereocenters. The predicted octanol–water partition coefficient (Wildman–Crippen LogP) is 2.28. The first-order valence-corrected chi connectivity index (χ1v) is 19.9. The minimum absolute atomic E-state index is 0.0129. The van der Waals surface area contributed by atoms with Crippen molar-refractivity contribution in [2.24, 2.45) is 46.3 Å². The zero-order chi connectivity index (χ0) is 37.6. The van der Waals surface area contributed by atoms with Gasteiger partial charge in [-0.15, -0.1) is 6.58 Å². The second-order valence-electron chi connectivity index (χ2n) is 19.1. The van der Waals surface area contributed by atoms with Gasteiger partial charge in [0.15, 0.2) is 0 Å². The van der Waals surface area contributed by atoms with E-state index in [9.17, 15) is 29.1 Å². The number of piperidine rings is 2. The molecule has 4 unspecified atom stereocenters. The lowest BCUT2D eigenvalue weighted by atomic mass is 9.63. The van der Waals surface area contributed by atoms with Crippen LogP contribution in [0.25, 0.3) is 0 Å². The summed E-state index contributed by atoms with van der Waals surface area (Å²) in [4.78, 5) is 84.4. The molecule has 2 spiro atoms. The Hall–Kier alpha value is -3.12. The fourth-order valence-corrected chi connectivity index (χ4v) is 12.6. The van der Waals surface area contributed by atoms with Crippen molar-refractivity contribution < 1.29 is 33.9 Å². The van der Waals surface area contributed by atoms with Gasteiger partial charge in [0, 0.05) is 22.8 Å². The van der Waals surface area contributed by atoms with E-state index in [0.29, 0.717) is 12.3 Å². The number of Topliss-reactive ketones (excluding diaryl/α,β-unsaturated/α-hetero) is 2. The van der Waals surface area contributed by atoms with Gasteiger partial charge in [-0.3, -0.25) is 34.1 Å². The van der Waals surface area contributed by atoms with Gasteiger partial charge in [0.05, 0.1) is 11.1 Å². The maximum Gasteiger partial charge on any atom is 0.289 e.